The van der Waals surface area contributed by atoms with Crippen LogP contribution in [0.1, 0.15) is 69.6 Å². The van der Waals surface area contributed by atoms with E-state index >= 15 is 0 Å². The van der Waals surface area contributed by atoms with E-state index < -0.39 is 0 Å². The Labute approximate surface area is 257 Å². The summed E-state index contributed by atoms with van der Waals surface area (Å²) in [5.74, 6) is 0. The Morgan fingerprint density at radius 1 is 0.581 bits per heavy atom. The lowest BCUT2D eigenvalue weighted by molar-refractivity contribution is 0.632. The second-order valence-corrected chi connectivity index (χ2v) is 10.7. The Bertz CT molecular complexity index is 1480. The number of unbranched alkanes of at least 4 members (excludes halogenated alkanes) is 4. The highest BCUT2D eigenvalue weighted by Gasteiger charge is 2.02. The molecule has 4 aromatic rings. The summed E-state index contributed by atoms with van der Waals surface area (Å²) in [7, 11) is 0. The molecule has 0 bridgehead atoms. The molecule has 4 aromatic carbocycles. The number of aryl methyl sites for hydroxylation is 2. The molecule has 0 saturated carbocycles. The maximum absolute atomic E-state index is 4.64. The lowest BCUT2D eigenvalue weighted by atomic mass is 10.1. The molecule has 0 N–H and O–H groups in total. The molecule has 0 saturated heterocycles. The van der Waals surface area contributed by atoms with E-state index in [9.17, 15) is 0 Å². The average molecular weight is 573 g/mol. The van der Waals surface area contributed by atoms with Crippen LogP contribution in [-0.2, 0) is 6.42 Å². The third-order valence-corrected chi connectivity index (χ3v) is 7.47. The maximum Gasteiger partial charge on any atom is 0.0887 e. The number of benzene rings is 4. The zero-order chi connectivity index (χ0) is 30.3. The van der Waals surface area contributed by atoms with E-state index in [1.165, 1.54) is 43.4 Å². The summed E-state index contributed by atoms with van der Waals surface area (Å²) in [6, 6.07) is 30.5. The van der Waals surface area contributed by atoms with E-state index in [2.05, 4.69) is 87.5 Å². The summed E-state index contributed by atoms with van der Waals surface area (Å²) in [6.45, 7) is 10.5. The van der Waals surface area contributed by atoms with E-state index in [0.29, 0.717) is 0 Å². The predicted molar refractivity (Wildman–Crippen MR) is 182 cm³/mol. The highest BCUT2D eigenvalue weighted by molar-refractivity contribution is 5.82. The van der Waals surface area contributed by atoms with Crippen molar-refractivity contribution in [2.24, 2.45) is 25.4 Å². The van der Waals surface area contributed by atoms with Gasteiger partial charge in [0.2, 0.25) is 0 Å². The van der Waals surface area contributed by atoms with Crippen molar-refractivity contribution in [1.29, 1.82) is 0 Å². The van der Waals surface area contributed by atoms with Crippen molar-refractivity contribution in [1.82, 2.24) is 0 Å². The van der Waals surface area contributed by atoms with Crippen molar-refractivity contribution >= 4 is 40.3 Å². The Morgan fingerprint density at radius 3 is 1.81 bits per heavy atom. The summed E-state index contributed by atoms with van der Waals surface area (Å²) in [5, 5.41) is 17.7. The molecule has 0 aliphatic rings. The Morgan fingerprint density at radius 2 is 1.16 bits per heavy atom. The second-order valence-electron chi connectivity index (χ2n) is 10.7. The quantitative estimate of drug-likeness (QED) is 0.0793. The van der Waals surface area contributed by atoms with Crippen LogP contribution in [-0.4, -0.2) is 19.3 Å². The van der Waals surface area contributed by atoms with Crippen LogP contribution in [0.15, 0.2) is 116 Å². The maximum atomic E-state index is 4.64. The van der Waals surface area contributed by atoms with Crippen molar-refractivity contribution in [2.75, 3.05) is 18.0 Å². The van der Waals surface area contributed by atoms with Crippen molar-refractivity contribution in [3.05, 3.63) is 108 Å². The number of hydrogen-bond donors (Lipinski definition) is 0. The minimum atomic E-state index is 0.782. The molecule has 0 radical (unpaired) electrons. The minimum Gasteiger partial charge on any atom is -0.372 e. The number of anilines is 1. The van der Waals surface area contributed by atoms with Crippen LogP contribution in [0.25, 0.3) is 0 Å². The summed E-state index contributed by atoms with van der Waals surface area (Å²) < 4.78 is 0. The SMILES string of the molecule is CCCCCCCc1ccc(N=Cc2ccc(N=Nc3ccc(N=Nc4ccc(N(CC)CC)cc4)cc3C)cc2)cc1. The van der Waals surface area contributed by atoms with Crippen molar-refractivity contribution in [2.45, 2.75) is 66.2 Å². The Hall–Kier alpha value is -4.45. The van der Waals surface area contributed by atoms with Gasteiger partial charge in [-0.15, -0.1) is 0 Å². The van der Waals surface area contributed by atoms with Crippen LogP contribution in [0.5, 0.6) is 0 Å². The van der Waals surface area contributed by atoms with Crippen LogP contribution in [0, 0.1) is 6.92 Å². The van der Waals surface area contributed by atoms with Gasteiger partial charge in [-0.05, 0) is 117 Å². The number of aliphatic imine (C=N–C) groups is 1. The Kier molecular flexibility index (Phi) is 12.3. The van der Waals surface area contributed by atoms with Crippen LogP contribution in [0.4, 0.5) is 34.1 Å². The van der Waals surface area contributed by atoms with E-state index in [-0.39, 0.29) is 0 Å². The average Bonchev–Trinajstić information content (AvgIpc) is 3.04. The van der Waals surface area contributed by atoms with Crippen LogP contribution < -0.4 is 4.90 Å². The van der Waals surface area contributed by atoms with Gasteiger partial charge in [-0.25, -0.2) is 0 Å². The number of nitrogens with zero attached hydrogens (tertiary/aromatic N) is 6. The van der Waals surface area contributed by atoms with Crippen molar-refractivity contribution in [3.8, 4) is 0 Å². The fraction of sp³-hybridized carbons (Fsp3) is 0.324. The summed E-state index contributed by atoms with van der Waals surface area (Å²) >= 11 is 0. The van der Waals surface area contributed by atoms with Crippen LogP contribution in [0.2, 0.25) is 0 Å². The fourth-order valence-electron chi connectivity index (χ4n) is 4.82. The fourth-order valence-corrected chi connectivity index (χ4v) is 4.82. The van der Waals surface area contributed by atoms with Gasteiger partial charge in [0.15, 0.2) is 0 Å². The van der Waals surface area contributed by atoms with Crippen LogP contribution in [0.3, 0.4) is 0 Å². The second kappa shape index (κ2) is 16.9. The molecule has 0 aromatic heterocycles. The highest BCUT2D eigenvalue weighted by atomic mass is 15.1. The topological polar surface area (TPSA) is 65.0 Å². The van der Waals surface area contributed by atoms with Gasteiger partial charge in [-0.3, -0.25) is 4.99 Å². The minimum absolute atomic E-state index is 0.782. The molecule has 0 aliphatic heterocycles. The molecule has 0 spiro atoms. The first kappa shape index (κ1) is 31.5. The lowest BCUT2D eigenvalue weighted by Crippen LogP contribution is -2.21. The normalized spacial score (nSPS) is 11.7. The zero-order valence-electron chi connectivity index (χ0n) is 26.1. The van der Waals surface area contributed by atoms with E-state index in [1.54, 1.807) is 0 Å². The molecule has 0 heterocycles. The molecule has 0 aliphatic carbocycles. The van der Waals surface area contributed by atoms with E-state index in [4.69, 9.17) is 0 Å². The van der Waals surface area contributed by atoms with Gasteiger partial charge >= 0.3 is 0 Å². The van der Waals surface area contributed by atoms with Crippen LogP contribution >= 0.6 is 0 Å². The van der Waals surface area contributed by atoms with E-state index in [0.717, 1.165) is 59.1 Å². The summed E-state index contributed by atoms with van der Waals surface area (Å²) in [6.07, 6.45) is 9.58. The molecule has 6 nitrogen and oxygen atoms in total. The Balaban J connectivity index is 1.29. The largest absolute Gasteiger partial charge is 0.372 e. The smallest absolute Gasteiger partial charge is 0.0887 e. The standard InChI is InChI=1S/C37H44N6/c1-5-8-9-10-11-12-30-13-17-32(18-14-30)38-28-31-15-19-33(20-16-31)40-42-37-26-23-35(27-29(37)4)41-39-34-21-24-36(25-22-34)43(6-2)7-3/h13-28H,5-12H2,1-4H3. The predicted octanol–water partition coefficient (Wildman–Crippen LogP) is 11.9. The van der Waals surface area contributed by atoms with Gasteiger partial charge in [-0.2, -0.15) is 20.5 Å². The monoisotopic (exact) mass is 572 g/mol. The molecule has 6 heteroatoms. The van der Waals surface area contributed by atoms with Crippen molar-refractivity contribution < 1.29 is 0 Å². The highest BCUT2D eigenvalue weighted by Crippen LogP contribution is 2.28. The van der Waals surface area contributed by atoms with E-state index in [1.807, 2.05) is 67.7 Å². The van der Waals surface area contributed by atoms with Gasteiger partial charge in [0.1, 0.15) is 0 Å². The summed E-state index contributed by atoms with van der Waals surface area (Å²) in [4.78, 5) is 6.94. The third-order valence-electron chi connectivity index (χ3n) is 7.47. The molecular weight excluding hydrogens is 528 g/mol. The van der Waals surface area contributed by atoms with Gasteiger partial charge in [0.25, 0.3) is 0 Å². The molecule has 0 amide bonds. The zero-order valence-corrected chi connectivity index (χ0v) is 26.1. The molecule has 0 atom stereocenters. The molecular formula is C37H44N6. The number of rotatable bonds is 15. The van der Waals surface area contributed by atoms with Gasteiger partial charge in [0, 0.05) is 25.0 Å². The number of hydrogen-bond acceptors (Lipinski definition) is 6. The third kappa shape index (κ3) is 10.1. The summed E-state index contributed by atoms with van der Waals surface area (Å²) in [5.41, 5.74) is 8.75. The first-order chi connectivity index (χ1) is 21.1. The molecule has 4 rings (SSSR count). The molecule has 0 fully saturated rings. The molecule has 222 valence electrons. The number of azo groups is 2. The van der Waals surface area contributed by atoms with Crippen molar-refractivity contribution in [3.63, 3.8) is 0 Å². The lowest BCUT2D eigenvalue weighted by Gasteiger charge is -2.20. The molecule has 0 unspecified atom stereocenters. The molecule has 43 heavy (non-hydrogen) atoms. The first-order valence-electron chi connectivity index (χ1n) is 15.6. The van der Waals surface area contributed by atoms with Gasteiger partial charge < -0.3 is 4.90 Å². The first-order valence-corrected chi connectivity index (χ1v) is 15.6. The van der Waals surface area contributed by atoms with Gasteiger partial charge in [-0.1, -0.05) is 56.9 Å². The van der Waals surface area contributed by atoms with Gasteiger partial charge in [0.05, 0.1) is 28.4 Å².